The molecule has 1 aromatic carbocycles. The number of halogens is 1. The number of anilines is 1. The molecule has 138 valence electrons. The van der Waals surface area contributed by atoms with Crippen LogP contribution in [-0.2, 0) is 16.1 Å². The molecular weight excluding hydrogens is 339 g/mol. The van der Waals surface area contributed by atoms with Gasteiger partial charge < -0.3 is 19.7 Å². The van der Waals surface area contributed by atoms with Crippen molar-refractivity contribution in [2.45, 2.75) is 13.5 Å². The van der Waals surface area contributed by atoms with Gasteiger partial charge in [0.1, 0.15) is 5.82 Å². The molecule has 0 atom stereocenters. The lowest BCUT2D eigenvalue weighted by molar-refractivity contribution is -0.123. The third-order valence-corrected chi connectivity index (χ3v) is 3.87. The minimum atomic E-state index is -0.307. The number of aryl methyl sites for hydroxylation is 1. The first-order valence-electron chi connectivity index (χ1n) is 8.42. The summed E-state index contributed by atoms with van der Waals surface area (Å²) in [5.41, 5.74) is 1.58. The average Bonchev–Trinajstić information content (AvgIpc) is 2.66. The van der Waals surface area contributed by atoms with Crippen molar-refractivity contribution in [1.29, 1.82) is 0 Å². The van der Waals surface area contributed by atoms with Crippen molar-refractivity contribution < 1.29 is 18.7 Å². The third kappa shape index (κ3) is 5.13. The molecule has 2 aromatic rings. The van der Waals surface area contributed by atoms with Crippen LogP contribution in [0.25, 0.3) is 0 Å². The number of aromatic nitrogens is 2. The second-order valence-corrected chi connectivity index (χ2v) is 5.94. The molecule has 3 rings (SSSR count). The van der Waals surface area contributed by atoms with E-state index in [0.717, 1.165) is 24.3 Å². The fraction of sp³-hybridized carbons (Fsp3) is 0.389. The Morgan fingerprint density at radius 3 is 2.73 bits per heavy atom. The van der Waals surface area contributed by atoms with Crippen molar-refractivity contribution in [3.05, 3.63) is 47.4 Å². The highest BCUT2D eigenvalue weighted by Gasteiger charge is 2.15. The van der Waals surface area contributed by atoms with Crippen molar-refractivity contribution in [3.8, 4) is 5.88 Å². The predicted octanol–water partition coefficient (Wildman–Crippen LogP) is 1.46. The van der Waals surface area contributed by atoms with Gasteiger partial charge in [-0.05, 0) is 24.6 Å². The fourth-order valence-corrected chi connectivity index (χ4v) is 2.50. The van der Waals surface area contributed by atoms with Crippen LogP contribution in [0.15, 0.2) is 30.3 Å². The van der Waals surface area contributed by atoms with Gasteiger partial charge in [0.15, 0.2) is 6.61 Å². The molecule has 2 heterocycles. The zero-order chi connectivity index (χ0) is 18.4. The number of nitrogens with one attached hydrogen (secondary N) is 1. The van der Waals surface area contributed by atoms with E-state index in [-0.39, 0.29) is 18.3 Å². The van der Waals surface area contributed by atoms with E-state index < -0.39 is 0 Å². The van der Waals surface area contributed by atoms with Gasteiger partial charge in [0.05, 0.1) is 13.2 Å². The van der Waals surface area contributed by atoms with Gasteiger partial charge in [-0.1, -0.05) is 12.1 Å². The molecule has 1 N–H and O–H groups in total. The lowest BCUT2D eigenvalue weighted by Crippen LogP contribution is -2.37. The van der Waals surface area contributed by atoms with Crippen LogP contribution in [0.3, 0.4) is 0 Å². The normalized spacial score (nSPS) is 14.2. The van der Waals surface area contributed by atoms with Gasteiger partial charge in [-0.15, -0.1) is 0 Å². The predicted molar refractivity (Wildman–Crippen MR) is 93.5 cm³/mol. The van der Waals surface area contributed by atoms with Gasteiger partial charge in [0, 0.05) is 31.4 Å². The molecule has 0 saturated carbocycles. The molecule has 0 bridgehead atoms. The molecule has 0 spiro atoms. The maximum atomic E-state index is 12.9. The molecule has 1 fully saturated rings. The number of benzene rings is 1. The van der Waals surface area contributed by atoms with E-state index in [4.69, 9.17) is 9.47 Å². The van der Waals surface area contributed by atoms with Crippen LogP contribution >= 0.6 is 0 Å². The zero-order valence-electron chi connectivity index (χ0n) is 14.6. The summed E-state index contributed by atoms with van der Waals surface area (Å²) in [5, 5.41) is 2.72. The molecule has 1 aliphatic heterocycles. The fourth-order valence-electron chi connectivity index (χ4n) is 2.50. The van der Waals surface area contributed by atoms with Crippen LogP contribution < -0.4 is 15.0 Å². The number of morpholine rings is 1. The Bertz CT molecular complexity index is 749. The number of rotatable bonds is 6. The van der Waals surface area contributed by atoms with Crippen LogP contribution in [0.4, 0.5) is 10.3 Å². The number of carbonyl (C=O) groups excluding carboxylic acids is 1. The summed E-state index contributed by atoms with van der Waals surface area (Å²) in [6, 6.07) is 7.65. The SMILES string of the molecule is Cc1cc(OCC(=O)NCc2ccc(F)cc2)nc(N2CCOCC2)n1. The van der Waals surface area contributed by atoms with Gasteiger partial charge in [-0.3, -0.25) is 4.79 Å². The number of hydrogen-bond acceptors (Lipinski definition) is 6. The van der Waals surface area contributed by atoms with Crippen molar-refractivity contribution in [3.63, 3.8) is 0 Å². The molecule has 0 unspecified atom stereocenters. The van der Waals surface area contributed by atoms with Crippen LogP contribution in [0.1, 0.15) is 11.3 Å². The zero-order valence-corrected chi connectivity index (χ0v) is 14.6. The molecule has 0 aliphatic carbocycles. The van der Waals surface area contributed by atoms with Crippen molar-refractivity contribution >= 4 is 11.9 Å². The first-order valence-corrected chi connectivity index (χ1v) is 8.42. The second-order valence-electron chi connectivity index (χ2n) is 5.94. The van der Waals surface area contributed by atoms with Crippen molar-refractivity contribution in [2.75, 3.05) is 37.8 Å². The van der Waals surface area contributed by atoms with E-state index in [1.165, 1.54) is 12.1 Å². The van der Waals surface area contributed by atoms with E-state index in [1.807, 2.05) is 11.8 Å². The summed E-state index contributed by atoms with van der Waals surface area (Å²) < 4.78 is 23.7. The molecule has 1 saturated heterocycles. The van der Waals surface area contributed by atoms with E-state index in [9.17, 15) is 9.18 Å². The summed E-state index contributed by atoms with van der Waals surface area (Å²) in [7, 11) is 0. The van der Waals surface area contributed by atoms with Crippen molar-refractivity contribution in [2.24, 2.45) is 0 Å². The van der Waals surface area contributed by atoms with Gasteiger partial charge in [-0.25, -0.2) is 9.37 Å². The van der Waals surface area contributed by atoms with E-state index in [0.29, 0.717) is 31.6 Å². The molecular formula is C18H21FN4O3. The summed E-state index contributed by atoms with van der Waals surface area (Å²) >= 11 is 0. The summed E-state index contributed by atoms with van der Waals surface area (Å²) in [6.07, 6.45) is 0. The maximum Gasteiger partial charge on any atom is 0.258 e. The Hall–Kier alpha value is -2.74. The monoisotopic (exact) mass is 360 g/mol. The largest absolute Gasteiger partial charge is 0.467 e. The average molecular weight is 360 g/mol. The summed E-state index contributed by atoms with van der Waals surface area (Å²) in [4.78, 5) is 22.8. The standard InChI is InChI=1S/C18H21FN4O3/c1-13-10-17(22-18(21-13)23-6-8-25-9-7-23)26-12-16(24)20-11-14-2-4-15(19)5-3-14/h2-5,10H,6-9,11-12H2,1H3,(H,20,24). The van der Waals surface area contributed by atoms with Crippen LogP contribution in [0.2, 0.25) is 0 Å². The van der Waals surface area contributed by atoms with Crippen molar-refractivity contribution in [1.82, 2.24) is 15.3 Å². The number of nitrogens with zero attached hydrogens (tertiary/aromatic N) is 3. The number of carbonyl (C=O) groups is 1. The highest BCUT2D eigenvalue weighted by atomic mass is 19.1. The Kier molecular flexibility index (Phi) is 5.96. The summed E-state index contributed by atoms with van der Waals surface area (Å²) in [5.74, 6) is 0.350. The first-order chi connectivity index (χ1) is 12.6. The van der Waals surface area contributed by atoms with Crippen LogP contribution in [-0.4, -0.2) is 48.8 Å². The maximum absolute atomic E-state index is 12.9. The second kappa shape index (κ2) is 8.57. The Balaban J connectivity index is 1.52. The molecule has 1 aliphatic rings. The van der Waals surface area contributed by atoms with Crippen LogP contribution in [0, 0.1) is 12.7 Å². The molecule has 1 aromatic heterocycles. The Morgan fingerprint density at radius 2 is 2.00 bits per heavy atom. The van der Waals surface area contributed by atoms with E-state index in [1.54, 1.807) is 18.2 Å². The molecule has 0 radical (unpaired) electrons. The molecule has 7 nitrogen and oxygen atoms in total. The quantitative estimate of drug-likeness (QED) is 0.840. The topological polar surface area (TPSA) is 76.6 Å². The third-order valence-electron chi connectivity index (χ3n) is 3.87. The minimum absolute atomic E-state index is 0.153. The lowest BCUT2D eigenvalue weighted by atomic mass is 10.2. The van der Waals surface area contributed by atoms with Gasteiger partial charge in [0.25, 0.3) is 5.91 Å². The number of hydrogen-bond donors (Lipinski definition) is 1. The van der Waals surface area contributed by atoms with E-state index in [2.05, 4.69) is 15.3 Å². The molecule has 1 amide bonds. The van der Waals surface area contributed by atoms with E-state index >= 15 is 0 Å². The van der Waals surface area contributed by atoms with Crippen LogP contribution in [0.5, 0.6) is 5.88 Å². The lowest BCUT2D eigenvalue weighted by Gasteiger charge is -2.27. The molecule has 26 heavy (non-hydrogen) atoms. The van der Waals surface area contributed by atoms with Gasteiger partial charge in [-0.2, -0.15) is 4.98 Å². The molecule has 8 heteroatoms. The Labute approximate surface area is 151 Å². The number of ether oxygens (including phenoxy) is 2. The smallest absolute Gasteiger partial charge is 0.258 e. The van der Waals surface area contributed by atoms with Gasteiger partial charge in [0.2, 0.25) is 11.8 Å². The highest BCUT2D eigenvalue weighted by Crippen LogP contribution is 2.16. The Morgan fingerprint density at radius 1 is 1.27 bits per heavy atom. The highest BCUT2D eigenvalue weighted by molar-refractivity contribution is 5.77. The number of amides is 1. The summed E-state index contributed by atoms with van der Waals surface area (Å²) in [6.45, 7) is 4.73. The first kappa shape index (κ1) is 18.1. The van der Waals surface area contributed by atoms with Gasteiger partial charge >= 0.3 is 0 Å². The minimum Gasteiger partial charge on any atom is -0.467 e.